The third-order valence-electron chi connectivity index (χ3n) is 6.10. The minimum absolute atomic E-state index is 0.0663. The molecular formula is C22H31BrN2O4. The largest absolute Gasteiger partial charge is 0.495 e. The molecule has 6 nitrogen and oxygen atoms in total. The molecule has 0 N–H and O–H groups in total. The molecule has 29 heavy (non-hydrogen) atoms. The average Bonchev–Trinajstić information content (AvgIpc) is 2.78. The molecule has 0 spiro atoms. The smallest absolute Gasteiger partial charge is 0.254 e. The van der Waals surface area contributed by atoms with Crippen LogP contribution in [0.5, 0.6) is 11.5 Å². The lowest BCUT2D eigenvalue weighted by atomic mass is 9.86. The highest BCUT2D eigenvalue weighted by Crippen LogP contribution is 2.36. The molecule has 1 aromatic carbocycles. The number of carbonyl (C=O) groups is 2. The van der Waals surface area contributed by atoms with Gasteiger partial charge in [0.25, 0.3) is 5.91 Å². The summed E-state index contributed by atoms with van der Waals surface area (Å²) in [5, 5.41) is 0. The Labute approximate surface area is 181 Å². The van der Waals surface area contributed by atoms with Gasteiger partial charge < -0.3 is 19.3 Å². The van der Waals surface area contributed by atoms with E-state index in [2.05, 4.69) is 15.9 Å². The number of nitrogens with zero attached hydrogens (tertiary/aromatic N) is 2. The zero-order valence-corrected chi connectivity index (χ0v) is 19.0. The van der Waals surface area contributed by atoms with Crippen LogP contribution in [-0.2, 0) is 4.79 Å². The van der Waals surface area contributed by atoms with Crippen LogP contribution in [0.2, 0.25) is 0 Å². The van der Waals surface area contributed by atoms with E-state index in [1.54, 1.807) is 31.3 Å². The first kappa shape index (κ1) is 21.9. The van der Waals surface area contributed by atoms with E-state index in [4.69, 9.17) is 9.47 Å². The van der Waals surface area contributed by atoms with E-state index in [-0.39, 0.29) is 11.8 Å². The number of benzene rings is 1. The Morgan fingerprint density at radius 1 is 0.966 bits per heavy atom. The van der Waals surface area contributed by atoms with Crippen molar-refractivity contribution in [3.63, 3.8) is 0 Å². The first-order chi connectivity index (χ1) is 14.0. The molecule has 0 unspecified atom stereocenters. The highest BCUT2D eigenvalue weighted by molar-refractivity contribution is 9.10. The Morgan fingerprint density at radius 2 is 1.52 bits per heavy atom. The van der Waals surface area contributed by atoms with Crippen LogP contribution in [0, 0.1) is 5.92 Å². The van der Waals surface area contributed by atoms with E-state index in [0.29, 0.717) is 54.1 Å². The molecule has 1 aliphatic heterocycles. The van der Waals surface area contributed by atoms with Gasteiger partial charge in [0.2, 0.25) is 5.91 Å². The first-order valence-electron chi connectivity index (χ1n) is 10.5. The Bertz CT molecular complexity index is 701. The molecule has 1 heterocycles. The van der Waals surface area contributed by atoms with Crippen molar-refractivity contribution >= 4 is 27.7 Å². The van der Waals surface area contributed by atoms with E-state index in [0.717, 1.165) is 12.3 Å². The molecular weight excluding hydrogens is 436 g/mol. The van der Waals surface area contributed by atoms with Gasteiger partial charge in [-0.05, 0) is 40.4 Å². The van der Waals surface area contributed by atoms with Crippen molar-refractivity contribution in [2.45, 2.75) is 44.9 Å². The van der Waals surface area contributed by atoms with Gasteiger partial charge in [0.15, 0.2) is 0 Å². The van der Waals surface area contributed by atoms with E-state index < -0.39 is 0 Å². The molecule has 3 rings (SSSR count). The van der Waals surface area contributed by atoms with Crippen LogP contribution in [-0.4, -0.2) is 62.0 Å². The summed E-state index contributed by atoms with van der Waals surface area (Å²) in [5.41, 5.74) is 0.527. The molecule has 7 heteroatoms. The fraction of sp³-hybridized carbons (Fsp3) is 0.636. The SMILES string of the molecule is COc1cc(C(=O)N2CCN(C(=O)CCC3CCCCC3)CC2)cc(OC)c1Br. The van der Waals surface area contributed by atoms with Crippen molar-refractivity contribution in [2.24, 2.45) is 5.92 Å². The number of hydrogen-bond donors (Lipinski definition) is 0. The van der Waals surface area contributed by atoms with Gasteiger partial charge >= 0.3 is 0 Å². The van der Waals surface area contributed by atoms with Crippen molar-refractivity contribution in [1.29, 1.82) is 0 Å². The number of piperazine rings is 1. The minimum atomic E-state index is -0.0663. The lowest BCUT2D eigenvalue weighted by Crippen LogP contribution is -2.50. The molecule has 160 valence electrons. The zero-order valence-electron chi connectivity index (χ0n) is 17.4. The van der Waals surface area contributed by atoms with Crippen LogP contribution in [0.25, 0.3) is 0 Å². The molecule has 0 radical (unpaired) electrons. The maximum absolute atomic E-state index is 13.0. The molecule has 0 aromatic heterocycles. The van der Waals surface area contributed by atoms with Crippen molar-refractivity contribution in [3.05, 3.63) is 22.2 Å². The second-order valence-corrected chi connectivity index (χ2v) is 8.70. The van der Waals surface area contributed by atoms with Crippen molar-refractivity contribution in [1.82, 2.24) is 9.80 Å². The number of rotatable bonds is 6. The average molecular weight is 467 g/mol. The lowest BCUT2D eigenvalue weighted by molar-refractivity contribution is -0.133. The topological polar surface area (TPSA) is 59.1 Å². The van der Waals surface area contributed by atoms with E-state index >= 15 is 0 Å². The fourth-order valence-corrected chi connectivity index (χ4v) is 4.85. The Morgan fingerprint density at radius 3 is 2.07 bits per heavy atom. The number of carbonyl (C=O) groups excluding carboxylic acids is 2. The maximum Gasteiger partial charge on any atom is 0.254 e. The van der Waals surface area contributed by atoms with Crippen LogP contribution >= 0.6 is 15.9 Å². The second kappa shape index (κ2) is 10.3. The van der Waals surface area contributed by atoms with Gasteiger partial charge in [-0.15, -0.1) is 0 Å². The van der Waals surface area contributed by atoms with Gasteiger partial charge in [0.05, 0.1) is 14.2 Å². The maximum atomic E-state index is 13.0. The summed E-state index contributed by atoms with van der Waals surface area (Å²) in [6.45, 7) is 2.30. The first-order valence-corrected chi connectivity index (χ1v) is 11.3. The molecule has 2 amide bonds. The predicted molar refractivity (Wildman–Crippen MR) is 116 cm³/mol. The Balaban J connectivity index is 1.53. The Hall–Kier alpha value is -1.76. The van der Waals surface area contributed by atoms with E-state index in [1.165, 1.54) is 32.1 Å². The number of amides is 2. The summed E-state index contributed by atoms with van der Waals surface area (Å²) in [5.74, 6) is 2.00. The van der Waals surface area contributed by atoms with Crippen molar-refractivity contribution < 1.29 is 19.1 Å². The molecule has 2 aliphatic rings. The molecule has 2 fully saturated rings. The standard InChI is InChI=1S/C22H31BrN2O4/c1-28-18-14-17(15-19(29-2)21(18)23)22(27)25-12-10-24(11-13-25)20(26)9-8-16-6-4-3-5-7-16/h14-16H,3-13H2,1-2H3. The van der Waals surface area contributed by atoms with Gasteiger partial charge in [-0.25, -0.2) is 0 Å². The molecule has 0 bridgehead atoms. The van der Waals surface area contributed by atoms with Crippen LogP contribution in [0.15, 0.2) is 16.6 Å². The fourth-order valence-electron chi connectivity index (χ4n) is 4.30. The van der Waals surface area contributed by atoms with E-state index in [1.807, 2.05) is 4.90 Å². The molecule has 1 aromatic rings. The summed E-state index contributed by atoms with van der Waals surface area (Å²) in [6.07, 6.45) is 8.16. The third-order valence-corrected chi connectivity index (χ3v) is 6.88. The predicted octanol–water partition coefficient (Wildman–Crippen LogP) is 4.11. The summed E-state index contributed by atoms with van der Waals surface area (Å²) >= 11 is 3.43. The molecule has 1 saturated carbocycles. The molecule has 1 saturated heterocycles. The number of hydrogen-bond acceptors (Lipinski definition) is 4. The van der Waals surface area contributed by atoms with Crippen LogP contribution < -0.4 is 9.47 Å². The minimum Gasteiger partial charge on any atom is -0.495 e. The summed E-state index contributed by atoms with van der Waals surface area (Å²) in [7, 11) is 3.12. The van der Waals surface area contributed by atoms with Gasteiger partial charge in [0, 0.05) is 38.2 Å². The van der Waals surface area contributed by atoms with Gasteiger partial charge in [-0.2, -0.15) is 0 Å². The van der Waals surface area contributed by atoms with Crippen molar-refractivity contribution in [2.75, 3.05) is 40.4 Å². The monoisotopic (exact) mass is 466 g/mol. The molecule has 0 atom stereocenters. The highest BCUT2D eigenvalue weighted by Gasteiger charge is 2.26. The second-order valence-electron chi connectivity index (χ2n) is 7.91. The van der Waals surface area contributed by atoms with Crippen LogP contribution in [0.3, 0.4) is 0 Å². The van der Waals surface area contributed by atoms with Crippen LogP contribution in [0.4, 0.5) is 0 Å². The normalized spacial score (nSPS) is 17.9. The van der Waals surface area contributed by atoms with Gasteiger partial charge in [-0.3, -0.25) is 9.59 Å². The summed E-state index contributed by atoms with van der Waals surface area (Å²) < 4.78 is 11.4. The van der Waals surface area contributed by atoms with Gasteiger partial charge in [0.1, 0.15) is 16.0 Å². The Kier molecular flexibility index (Phi) is 7.81. The zero-order chi connectivity index (χ0) is 20.8. The van der Waals surface area contributed by atoms with Crippen molar-refractivity contribution in [3.8, 4) is 11.5 Å². The lowest BCUT2D eigenvalue weighted by Gasteiger charge is -2.35. The number of halogens is 1. The highest BCUT2D eigenvalue weighted by atomic mass is 79.9. The number of ether oxygens (including phenoxy) is 2. The number of methoxy groups -OCH3 is 2. The van der Waals surface area contributed by atoms with Gasteiger partial charge in [-0.1, -0.05) is 32.1 Å². The third kappa shape index (κ3) is 5.44. The van der Waals surface area contributed by atoms with E-state index in [9.17, 15) is 9.59 Å². The molecule has 1 aliphatic carbocycles. The van der Waals surface area contributed by atoms with Crippen LogP contribution in [0.1, 0.15) is 55.3 Å². The summed E-state index contributed by atoms with van der Waals surface area (Å²) in [4.78, 5) is 29.2. The summed E-state index contributed by atoms with van der Waals surface area (Å²) in [6, 6.07) is 3.44. The quantitative estimate of drug-likeness (QED) is 0.632.